The Balaban J connectivity index is 1.60. The molecule has 2 aromatic carbocycles. The van der Waals surface area contributed by atoms with Crippen molar-refractivity contribution in [2.24, 2.45) is 0 Å². The highest BCUT2D eigenvalue weighted by atomic mass is 19.1. The van der Waals surface area contributed by atoms with Crippen LogP contribution in [0.15, 0.2) is 36.4 Å². The van der Waals surface area contributed by atoms with Crippen LogP contribution in [-0.4, -0.2) is 50.4 Å². The highest BCUT2D eigenvalue weighted by Crippen LogP contribution is 2.34. The van der Waals surface area contributed by atoms with Crippen LogP contribution in [0.3, 0.4) is 0 Å². The Morgan fingerprint density at radius 1 is 0.897 bits per heavy atom. The van der Waals surface area contributed by atoms with E-state index in [0.717, 1.165) is 43.7 Å². The zero-order valence-electron chi connectivity index (χ0n) is 16.6. The van der Waals surface area contributed by atoms with Gasteiger partial charge in [-0.1, -0.05) is 0 Å². The van der Waals surface area contributed by atoms with Crippen LogP contribution in [0.5, 0.6) is 11.5 Å². The summed E-state index contributed by atoms with van der Waals surface area (Å²) in [6, 6.07) is 10.2. The molecule has 0 radical (unpaired) electrons. The van der Waals surface area contributed by atoms with Gasteiger partial charge in [0.1, 0.15) is 11.6 Å². The summed E-state index contributed by atoms with van der Waals surface area (Å²) in [7, 11) is 3.17. The van der Waals surface area contributed by atoms with Gasteiger partial charge >= 0.3 is 0 Å². The molecule has 7 nitrogen and oxygen atoms in total. The van der Waals surface area contributed by atoms with Crippen LogP contribution in [-0.2, 0) is 0 Å². The molecule has 152 valence electrons. The van der Waals surface area contributed by atoms with Gasteiger partial charge in [0.25, 0.3) is 0 Å². The third-order valence-corrected chi connectivity index (χ3v) is 5.19. The number of fused-ring (bicyclic) bond motifs is 1. The molecule has 1 fully saturated rings. The summed E-state index contributed by atoms with van der Waals surface area (Å²) >= 11 is 0. The van der Waals surface area contributed by atoms with Crippen LogP contribution in [0, 0.1) is 5.82 Å². The highest BCUT2D eigenvalue weighted by Gasteiger charge is 2.19. The number of anilines is 3. The number of nitrogens with zero attached hydrogens (tertiary/aromatic N) is 4. The molecule has 0 amide bonds. The van der Waals surface area contributed by atoms with E-state index in [2.05, 4.69) is 14.8 Å². The molecule has 0 spiro atoms. The van der Waals surface area contributed by atoms with Crippen molar-refractivity contribution in [3.63, 3.8) is 0 Å². The second-order valence-electron chi connectivity index (χ2n) is 6.94. The summed E-state index contributed by atoms with van der Waals surface area (Å²) in [6.45, 7) is 3.24. The first kappa shape index (κ1) is 19.0. The molecular formula is C21H24FN5O2. The fraction of sp³-hybridized carbons (Fsp3) is 0.333. The SMILES string of the molecule is COc1cc2nc(N3CCCN(c4ccc(F)cc4)CC3)nc(N)c2cc1OC. The van der Waals surface area contributed by atoms with E-state index < -0.39 is 0 Å². The summed E-state index contributed by atoms with van der Waals surface area (Å²) in [5.74, 6) is 1.97. The maximum Gasteiger partial charge on any atom is 0.227 e. The van der Waals surface area contributed by atoms with Gasteiger partial charge in [0.2, 0.25) is 5.95 Å². The predicted molar refractivity (Wildman–Crippen MR) is 112 cm³/mol. The molecule has 2 N–H and O–H groups in total. The average molecular weight is 397 g/mol. The number of hydrogen-bond donors (Lipinski definition) is 1. The van der Waals surface area contributed by atoms with Gasteiger partial charge in [0.05, 0.1) is 19.7 Å². The Bertz CT molecular complexity index is 1010. The van der Waals surface area contributed by atoms with Crippen molar-refractivity contribution >= 4 is 28.4 Å². The fourth-order valence-corrected chi connectivity index (χ4v) is 3.64. The minimum absolute atomic E-state index is 0.225. The fourth-order valence-electron chi connectivity index (χ4n) is 3.64. The van der Waals surface area contributed by atoms with E-state index >= 15 is 0 Å². The molecule has 1 aliphatic heterocycles. The van der Waals surface area contributed by atoms with E-state index in [0.29, 0.717) is 28.8 Å². The highest BCUT2D eigenvalue weighted by molar-refractivity contribution is 5.91. The first-order valence-corrected chi connectivity index (χ1v) is 9.54. The Morgan fingerprint density at radius 3 is 2.28 bits per heavy atom. The number of ether oxygens (including phenoxy) is 2. The third kappa shape index (κ3) is 3.83. The van der Waals surface area contributed by atoms with Crippen molar-refractivity contribution in [3.8, 4) is 11.5 Å². The van der Waals surface area contributed by atoms with Gasteiger partial charge in [0.15, 0.2) is 11.5 Å². The molecule has 1 saturated heterocycles. The van der Waals surface area contributed by atoms with Crippen molar-refractivity contribution in [1.29, 1.82) is 0 Å². The van der Waals surface area contributed by atoms with E-state index in [9.17, 15) is 4.39 Å². The Kier molecular flexibility index (Phi) is 5.24. The summed E-state index contributed by atoms with van der Waals surface area (Å²) in [5, 5.41) is 0.731. The van der Waals surface area contributed by atoms with Crippen molar-refractivity contribution in [2.45, 2.75) is 6.42 Å². The lowest BCUT2D eigenvalue weighted by Crippen LogP contribution is -2.31. The van der Waals surface area contributed by atoms with E-state index in [1.165, 1.54) is 12.1 Å². The van der Waals surface area contributed by atoms with E-state index in [1.807, 2.05) is 18.2 Å². The minimum atomic E-state index is -0.225. The van der Waals surface area contributed by atoms with Crippen LogP contribution < -0.4 is 25.0 Å². The molecule has 0 atom stereocenters. The standard InChI is InChI=1S/C21H24FN5O2/c1-28-18-12-16-17(13-19(18)29-2)24-21(25-20(16)23)27-9-3-8-26(10-11-27)15-6-4-14(22)5-7-15/h4-7,12-13H,3,8-11H2,1-2H3,(H2,23,24,25). The van der Waals surface area contributed by atoms with Crippen molar-refractivity contribution in [1.82, 2.24) is 9.97 Å². The molecule has 8 heteroatoms. The summed E-state index contributed by atoms with van der Waals surface area (Å²) < 4.78 is 23.9. The quantitative estimate of drug-likeness (QED) is 0.725. The molecule has 0 unspecified atom stereocenters. The lowest BCUT2D eigenvalue weighted by Gasteiger charge is -2.24. The van der Waals surface area contributed by atoms with E-state index in [1.54, 1.807) is 20.3 Å². The molecule has 2 heterocycles. The molecule has 0 saturated carbocycles. The van der Waals surface area contributed by atoms with Crippen LogP contribution in [0.4, 0.5) is 21.8 Å². The lowest BCUT2D eigenvalue weighted by atomic mass is 10.2. The molecular weight excluding hydrogens is 373 g/mol. The largest absolute Gasteiger partial charge is 0.493 e. The van der Waals surface area contributed by atoms with Crippen LogP contribution in [0.1, 0.15) is 6.42 Å². The average Bonchev–Trinajstić information content (AvgIpc) is 2.99. The molecule has 29 heavy (non-hydrogen) atoms. The summed E-state index contributed by atoms with van der Waals surface area (Å²) in [5.41, 5.74) is 7.96. The third-order valence-electron chi connectivity index (χ3n) is 5.19. The van der Waals surface area contributed by atoms with Crippen molar-refractivity contribution in [2.75, 3.05) is 55.9 Å². The Labute approximate surface area is 168 Å². The number of rotatable bonds is 4. The zero-order chi connectivity index (χ0) is 20.4. The van der Waals surface area contributed by atoms with Gasteiger partial charge in [-0.3, -0.25) is 0 Å². The van der Waals surface area contributed by atoms with Crippen molar-refractivity contribution in [3.05, 3.63) is 42.2 Å². The zero-order valence-corrected chi connectivity index (χ0v) is 16.6. The Hall–Kier alpha value is -3.29. The second kappa shape index (κ2) is 7.98. The van der Waals surface area contributed by atoms with Gasteiger partial charge < -0.3 is 25.0 Å². The molecule has 1 aliphatic rings. The number of nitrogens with two attached hydrogens (primary N) is 1. The second-order valence-corrected chi connectivity index (χ2v) is 6.94. The van der Waals surface area contributed by atoms with Gasteiger partial charge in [-0.15, -0.1) is 0 Å². The van der Waals surface area contributed by atoms with Crippen LogP contribution >= 0.6 is 0 Å². The number of halogens is 1. The number of hydrogen-bond acceptors (Lipinski definition) is 7. The van der Waals surface area contributed by atoms with E-state index in [-0.39, 0.29) is 5.82 Å². The van der Waals surface area contributed by atoms with E-state index in [4.69, 9.17) is 20.2 Å². The first-order chi connectivity index (χ1) is 14.1. The van der Waals surface area contributed by atoms with Gasteiger partial charge in [-0.25, -0.2) is 9.37 Å². The van der Waals surface area contributed by atoms with Gasteiger partial charge in [-0.05, 0) is 36.8 Å². The maximum atomic E-state index is 13.2. The predicted octanol–water partition coefficient (Wildman–Crippen LogP) is 3.09. The summed E-state index contributed by atoms with van der Waals surface area (Å²) in [4.78, 5) is 13.6. The maximum absolute atomic E-state index is 13.2. The number of methoxy groups -OCH3 is 2. The summed E-state index contributed by atoms with van der Waals surface area (Å²) in [6.07, 6.45) is 0.935. The number of aromatic nitrogens is 2. The molecule has 0 aliphatic carbocycles. The van der Waals surface area contributed by atoms with Crippen LogP contribution in [0.25, 0.3) is 10.9 Å². The van der Waals surface area contributed by atoms with Gasteiger partial charge in [0, 0.05) is 43.3 Å². The minimum Gasteiger partial charge on any atom is -0.493 e. The number of benzene rings is 2. The monoisotopic (exact) mass is 397 g/mol. The smallest absolute Gasteiger partial charge is 0.227 e. The first-order valence-electron chi connectivity index (χ1n) is 9.54. The topological polar surface area (TPSA) is 76.7 Å². The lowest BCUT2D eigenvalue weighted by molar-refractivity contribution is 0.356. The Morgan fingerprint density at radius 2 is 1.55 bits per heavy atom. The van der Waals surface area contributed by atoms with Gasteiger partial charge in [-0.2, -0.15) is 4.98 Å². The molecule has 0 bridgehead atoms. The molecule has 3 aromatic rings. The van der Waals surface area contributed by atoms with Crippen molar-refractivity contribution < 1.29 is 13.9 Å². The normalized spacial score (nSPS) is 14.7. The molecule has 4 rings (SSSR count). The van der Waals surface area contributed by atoms with Crippen LogP contribution in [0.2, 0.25) is 0 Å². The molecule has 1 aromatic heterocycles. The number of nitrogen functional groups attached to an aromatic ring is 1.